The third kappa shape index (κ3) is 1.54. The molecule has 84 valence electrons. The first-order valence-corrected chi connectivity index (χ1v) is 5.37. The standard InChI is InChI=1S/C13H11N3O/c1-8-3-2-4-11-12(8)10(13(17)16-11)5-9-6-14-7-15-9/h2-7H,1H3,(H,14,15)(H,16,17)/b10-5+. The Balaban J connectivity index is 2.17. The molecule has 4 nitrogen and oxygen atoms in total. The van der Waals surface area contributed by atoms with Gasteiger partial charge < -0.3 is 10.3 Å². The van der Waals surface area contributed by atoms with Crippen molar-refractivity contribution in [3.05, 3.63) is 47.5 Å². The molecule has 0 atom stereocenters. The van der Waals surface area contributed by atoms with E-state index in [-0.39, 0.29) is 5.91 Å². The average molecular weight is 225 g/mol. The molecule has 1 aromatic heterocycles. The SMILES string of the molecule is Cc1cccc2c1/C(=C\c1cnc[nH]1)C(=O)N2. The zero-order valence-electron chi connectivity index (χ0n) is 9.32. The largest absolute Gasteiger partial charge is 0.345 e. The molecule has 17 heavy (non-hydrogen) atoms. The van der Waals surface area contributed by atoms with Crippen molar-refractivity contribution in [2.45, 2.75) is 6.92 Å². The molecule has 0 saturated carbocycles. The van der Waals surface area contributed by atoms with Gasteiger partial charge in [0.25, 0.3) is 5.91 Å². The maximum Gasteiger partial charge on any atom is 0.256 e. The van der Waals surface area contributed by atoms with Crippen LogP contribution in [-0.2, 0) is 4.79 Å². The summed E-state index contributed by atoms with van der Waals surface area (Å²) in [5.41, 5.74) is 4.45. The highest BCUT2D eigenvalue weighted by atomic mass is 16.2. The minimum Gasteiger partial charge on any atom is -0.345 e. The van der Waals surface area contributed by atoms with Crippen LogP contribution in [0, 0.1) is 6.92 Å². The van der Waals surface area contributed by atoms with E-state index in [9.17, 15) is 4.79 Å². The monoisotopic (exact) mass is 225 g/mol. The van der Waals surface area contributed by atoms with E-state index in [0.717, 1.165) is 22.5 Å². The van der Waals surface area contributed by atoms with E-state index in [1.165, 1.54) is 0 Å². The average Bonchev–Trinajstić information content (AvgIpc) is 2.89. The number of amides is 1. The van der Waals surface area contributed by atoms with Gasteiger partial charge in [0.15, 0.2) is 0 Å². The summed E-state index contributed by atoms with van der Waals surface area (Å²) in [6, 6.07) is 5.85. The van der Waals surface area contributed by atoms with Gasteiger partial charge in [-0.3, -0.25) is 4.79 Å². The number of nitrogens with zero attached hydrogens (tertiary/aromatic N) is 1. The molecule has 0 spiro atoms. The van der Waals surface area contributed by atoms with E-state index in [1.54, 1.807) is 12.5 Å². The number of hydrogen-bond acceptors (Lipinski definition) is 2. The molecule has 0 aliphatic carbocycles. The smallest absolute Gasteiger partial charge is 0.256 e. The van der Waals surface area contributed by atoms with Crippen LogP contribution in [0.1, 0.15) is 16.8 Å². The number of rotatable bonds is 1. The molecule has 1 amide bonds. The maximum atomic E-state index is 11.9. The second kappa shape index (κ2) is 3.59. The zero-order valence-corrected chi connectivity index (χ0v) is 9.32. The van der Waals surface area contributed by atoms with Crippen molar-refractivity contribution in [2.24, 2.45) is 0 Å². The maximum absolute atomic E-state index is 11.9. The fourth-order valence-corrected chi connectivity index (χ4v) is 2.07. The number of fused-ring (bicyclic) bond motifs is 1. The van der Waals surface area contributed by atoms with E-state index >= 15 is 0 Å². The number of aromatic amines is 1. The van der Waals surface area contributed by atoms with Gasteiger partial charge in [0, 0.05) is 11.3 Å². The van der Waals surface area contributed by atoms with E-state index in [4.69, 9.17) is 0 Å². The Labute approximate surface area is 98.4 Å². The Morgan fingerprint density at radius 3 is 3.00 bits per heavy atom. The molecule has 0 bridgehead atoms. The summed E-state index contributed by atoms with van der Waals surface area (Å²) in [5.74, 6) is -0.0658. The van der Waals surface area contributed by atoms with Crippen LogP contribution in [0.3, 0.4) is 0 Å². The van der Waals surface area contributed by atoms with E-state index < -0.39 is 0 Å². The summed E-state index contributed by atoms with van der Waals surface area (Å²) >= 11 is 0. The normalized spacial score (nSPS) is 16.1. The number of benzene rings is 1. The molecule has 0 unspecified atom stereocenters. The number of imidazole rings is 1. The Hall–Kier alpha value is -2.36. The lowest BCUT2D eigenvalue weighted by molar-refractivity contribution is -0.110. The van der Waals surface area contributed by atoms with E-state index in [2.05, 4.69) is 15.3 Å². The highest BCUT2D eigenvalue weighted by molar-refractivity contribution is 6.35. The third-order valence-electron chi connectivity index (χ3n) is 2.85. The van der Waals surface area contributed by atoms with Crippen molar-refractivity contribution >= 4 is 23.2 Å². The molecule has 1 aliphatic rings. The number of aryl methyl sites for hydroxylation is 1. The summed E-state index contributed by atoms with van der Waals surface area (Å²) in [7, 11) is 0. The molecule has 2 heterocycles. The van der Waals surface area contributed by atoms with Crippen LogP contribution in [-0.4, -0.2) is 15.9 Å². The van der Waals surface area contributed by atoms with Gasteiger partial charge in [-0.05, 0) is 24.6 Å². The van der Waals surface area contributed by atoms with Crippen molar-refractivity contribution in [3.63, 3.8) is 0 Å². The van der Waals surface area contributed by atoms with Gasteiger partial charge >= 0.3 is 0 Å². The number of carbonyl (C=O) groups excluding carboxylic acids is 1. The molecule has 4 heteroatoms. The second-order valence-corrected chi connectivity index (χ2v) is 4.02. The molecule has 0 fully saturated rings. The van der Waals surface area contributed by atoms with Crippen molar-refractivity contribution in [1.82, 2.24) is 9.97 Å². The first-order chi connectivity index (χ1) is 8.25. The number of hydrogen-bond donors (Lipinski definition) is 2. The van der Waals surface area contributed by atoms with Gasteiger partial charge in [-0.2, -0.15) is 0 Å². The van der Waals surface area contributed by atoms with Crippen molar-refractivity contribution < 1.29 is 4.79 Å². The van der Waals surface area contributed by atoms with Crippen LogP contribution in [0.2, 0.25) is 0 Å². The number of aromatic nitrogens is 2. The molecule has 3 rings (SSSR count). The van der Waals surface area contributed by atoms with Gasteiger partial charge in [-0.25, -0.2) is 4.98 Å². The molecule has 0 radical (unpaired) electrons. The first-order valence-electron chi connectivity index (χ1n) is 5.37. The zero-order chi connectivity index (χ0) is 11.8. The highest BCUT2D eigenvalue weighted by Crippen LogP contribution is 2.34. The minimum absolute atomic E-state index is 0.0658. The Kier molecular flexibility index (Phi) is 2.08. The van der Waals surface area contributed by atoms with Crippen LogP contribution in [0.4, 0.5) is 5.69 Å². The highest BCUT2D eigenvalue weighted by Gasteiger charge is 2.25. The number of anilines is 1. The molecule has 2 N–H and O–H groups in total. The lowest BCUT2D eigenvalue weighted by Gasteiger charge is -2.01. The second-order valence-electron chi connectivity index (χ2n) is 4.02. The molecule has 2 aromatic rings. The van der Waals surface area contributed by atoms with Crippen LogP contribution in [0.5, 0.6) is 0 Å². The lowest BCUT2D eigenvalue weighted by Crippen LogP contribution is -2.03. The Morgan fingerprint density at radius 1 is 1.35 bits per heavy atom. The van der Waals surface area contributed by atoms with Gasteiger partial charge in [0.05, 0.1) is 23.8 Å². The Bertz CT molecular complexity index is 612. The van der Waals surface area contributed by atoms with Gasteiger partial charge in [-0.15, -0.1) is 0 Å². The number of nitrogens with one attached hydrogen (secondary N) is 2. The van der Waals surface area contributed by atoms with Crippen LogP contribution < -0.4 is 5.32 Å². The Morgan fingerprint density at radius 2 is 2.24 bits per heavy atom. The minimum atomic E-state index is -0.0658. The first kappa shape index (κ1) is 9.84. The number of H-pyrrole nitrogens is 1. The lowest BCUT2D eigenvalue weighted by atomic mass is 10.0. The predicted molar refractivity (Wildman–Crippen MR) is 66.3 cm³/mol. The summed E-state index contributed by atoms with van der Waals surface area (Å²) in [4.78, 5) is 18.8. The molecular formula is C13H11N3O. The summed E-state index contributed by atoms with van der Waals surface area (Å²) in [6.45, 7) is 2.00. The topological polar surface area (TPSA) is 57.8 Å². The van der Waals surface area contributed by atoms with E-state index in [1.807, 2.05) is 31.2 Å². The molecule has 0 saturated heterocycles. The summed E-state index contributed by atoms with van der Waals surface area (Å²) < 4.78 is 0. The van der Waals surface area contributed by atoms with Crippen molar-refractivity contribution in [2.75, 3.05) is 5.32 Å². The molecule has 1 aromatic carbocycles. The van der Waals surface area contributed by atoms with Crippen molar-refractivity contribution in [1.29, 1.82) is 0 Å². The molecule has 1 aliphatic heterocycles. The summed E-state index contributed by atoms with van der Waals surface area (Å²) in [6.07, 6.45) is 5.11. The fourth-order valence-electron chi connectivity index (χ4n) is 2.07. The van der Waals surface area contributed by atoms with Crippen molar-refractivity contribution in [3.8, 4) is 0 Å². The van der Waals surface area contributed by atoms with Gasteiger partial charge in [0.1, 0.15) is 0 Å². The third-order valence-corrected chi connectivity index (χ3v) is 2.85. The van der Waals surface area contributed by atoms with Crippen LogP contribution >= 0.6 is 0 Å². The van der Waals surface area contributed by atoms with Crippen LogP contribution in [0.25, 0.3) is 11.6 Å². The quantitative estimate of drug-likeness (QED) is 0.731. The van der Waals surface area contributed by atoms with Gasteiger partial charge in [0.2, 0.25) is 0 Å². The molecular weight excluding hydrogens is 214 g/mol. The predicted octanol–water partition coefficient (Wildman–Crippen LogP) is 2.21. The van der Waals surface area contributed by atoms with E-state index in [0.29, 0.717) is 5.57 Å². The van der Waals surface area contributed by atoms with Crippen LogP contribution in [0.15, 0.2) is 30.7 Å². The number of carbonyl (C=O) groups is 1. The van der Waals surface area contributed by atoms with Gasteiger partial charge in [-0.1, -0.05) is 12.1 Å². The summed E-state index contributed by atoms with van der Waals surface area (Å²) in [5, 5.41) is 2.86. The fraction of sp³-hybridized carbons (Fsp3) is 0.0769.